The predicted molar refractivity (Wildman–Crippen MR) is 122 cm³/mol. The van der Waals surface area contributed by atoms with Crippen LogP contribution in [0.25, 0.3) is 22.4 Å². The van der Waals surface area contributed by atoms with E-state index in [4.69, 9.17) is 9.72 Å². The largest absolute Gasteiger partial charge is 0.444 e. The normalized spacial score (nSPS) is 16.8. The number of aromatic nitrogens is 3. The monoisotopic (exact) mass is 471 g/mol. The Labute approximate surface area is 184 Å². The Balaban J connectivity index is 1.59. The van der Waals surface area contributed by atoms with Crippen LogP contribution in [0.2, 0.25) is 0 Å². The van der Waals surface area contributed by atoms with Crippen LogP contribution in [0.5, 0.6) is 0 Å². The lowest BCUT2D eigenvalue weighted by Crippen LogP contribution is -2.40. The van der Waals surface area contributed by atoms with Gasteiger partial charge in [0, 0.05) is 25.5 Å². The molecule has 1 aliphatic rings. The van der Waals surface area contributed by atoms with Crippen molar-refractivity contribution in [3.05, 3.63) is 40.6 Å². The minimum absolute atomic E-state index is 0.0192. The summed E-state index contributed by atoms with van der Waals surface area (Å²) < 4.78 is 6.30. The number of benzene rings is 1. The SMILES string of the molecule is Cc1cccc2[nH]c(-c3cncc(Br)c3N3CC[C@H](NC(=O)OC(C)(C)C)C3)nc12. The van der Waals surface area contributed by atoms with Gasteiger partial charge in [0.2, 0.25) is 0 Å². The molecule has 158 valence electrons. The van der Waals surface area contributed by atoms with Gasteiger partial charge in [0.25, 0.3) is 0 Å². The Morgan fingerprint density at radius 3 is 2.87 bits per heavy atom. The number of imidazole rings is 1. The molecule has 1 aromatic carbocycles. The number of carbonyl (C=O) groups excluding carboxylic acids is 1. The van der Waals surface area contributed by atoms with Gasteiger partial charge in [-0.15, -0.1) is 0 Å². The van der Waals surface area contributed by atoms with Crippen molar-refractivity contribution < 1.29 is 9.53 Å². The van der Waals surface area contributed by atoms with E-state index < -0.39 is 5.60 Å². The molecule has 0 radical (unpaired) electrons. The van der Waals surface area contributed by atoms with Gasteiger partial charge >= 0.3 is 6.09 Å². The van der Waals surface area contributed by atoms with E-state index in [9.17, 15) is 4.79 Å². The number of para-hydroxylation sites is 1. The van der Waals surface area contributed by atoms with Crippen LogP contribution >= 0.6 is 15.9 Å². The topological polar surface area (TPSA) is 83.1 Å². The number of fused-ring (bicyclic) bond motifs is 1. The maximum Gasteiger partial charge on any atom is 0.407 e. The molecule has 0 unspecified atom stereocenters. The van der Waals surface area contributed by atoms with E-state index in [0.717, 1.165) is 51.1 Å². The van der Waals surface area contributed by atoms with Gasteiger partial charge in [-0.1, -0.05) is 12.1 Å². The molecule has 1 aliphatic heterocycles. The smallest absolute Gasteiger partial charge is 0.407 e. The lowest BCUT2D eigenvalue weighted by Gasteiger charge is -2.24. The van der Waals surface area contributed by atoms with Gasteiger partial charge in [0.15, 0.2) is 0 Å². The number of rotatable bonds is 3. The first kappa shape index (κ1) is 20.7. The number of hydrogen-bond donors (Lipinski definition) is 2. The lowest BCUT2D eigenvalue weighted by atomic mass is 10.2. The van der Waals surface area contributed by atoms with Crippen molar-refractivity contribution in [3.63, 3.8) is 0 Å². The van der Waals surface area contributed by atoms with Crippen molar-refractivity contribution in [3.8, 4) is 11.4 Å². The third kappa shape index (κ3) is 4.28. The number of ether oxygens (including phenoxy) is 1. The summed E-state index contributed by atoms with van der Waals surface area (Å²) in [5.74, 6) is 0.784. The summed E-state index contributed by atoms with van der Waals surface area (Å²) in [7, 11) is 0. The molecule has 0 aliphatic carbocycles. The lowest BCUT2D eigenvalue weighted by molar-refractivity contribution is 0.0509. The van der Waals surface area contributed by atoms with Crippen LogP contribution in [-0.4, -0.2) is 45.8 Å². The highest BCUT2D eigenvalue weighted by atomic mass is 79.9. The second kappa shape index (κ2) is 7.91. The number of anilines is 1. The van der Waals surface area contributed by atoms with Crippen LogP contribution in [0.15, 0.2) is 35.1 Å². The summed E-state index contributed by atoms with van der Waals surface area (Å²) in [6.07, 6.45) is 4.09. The predicted octanol–water partition coefficient (Wildman–Crippen LogP) is 4.80. The molecule has 0 spiro atoms. The Morgan fingerprint density at radius 2 is 2.13 bits per heavy atom. The average Bonchev–Trinajstić information content (AvgIpc) is 3.27. The summed E-state index contributed by atoms with van der Waals surface area (Å²) in [5.41, 5.74) is 4.53. The molecule has 2 aromatic heterocycles. The number of carbonyl (C=O) groups is 1. The fourth-order valence-electron chi connectivity index (χ4n) is 3.78. The summed E-state index contributed by atoms with van der Waals surface area (Å²) in [6.45, 7) is 9.15. The fraction of sp³-hybridized carbons (Fsp3) is 0.409. The second-order valence-electron chi connectivity index (χ2n) is 8.65. The third-order valence-electron chi connectivity index (χ3n) is 5.07. The second-order valence-corrected chi connectivity index (χ2v) is 9.51. The zero-order chi connectivity index (χ0) is 21.5. The van der Waals surface area contributed by atoms with Crippen LogP contribution < -0.4 is 10.2 Å². The highest BCUT2D eigenvalue weighted by Gasteiger charge is 2.29. The van der Waals surface area contributed by atoms with Crippen LogP contribution in [-0.2, 0) is 4.74 Å². The Bertz CT molecular complexity index is 1090. The third-order valence-corrected chi connectivity index (χ3v) is 5.65. The molecule has 4 rings (SSSR count). The van der Waals surface area contributed by atoms with E-state index >= 15 is 0 Å². The zero-order valence-electron chi connectivity index (χ0n) is 17.6. The molecule has 30 heavy (non-hydrogen) atoms. The Morgan fingerprint density at radius 1 is 1.33 bits per heavy atom. The molecule has 0 saturated carbocycles. The summed E-state index contributed by atoms with van der Waals surface area (Å²) in [6, 6.07) is 6.12. The molecule has 1 saturated heterocycles. The molecular weight excluding hydrogens is 446 g/mol. The molecule has 3 aromatic rings. The van der Waals surface area contributed by atoms with Gasteiger partial charge in [-0.05, 0) is 61.7 Å². The molecule has 1 amide bonds. The maximum atomic E-state index is 12.2. The standard InChI is InChI=1S/C22H26BrN5O2/c1-13-6-5-7-17-18(13)27-20(26-17)15-10-24-11-16(23)19(15)28-9-8-14(12-28)25-21(29)30-22(2,3)4/h5-7,10-11,14H,8-9,12H2,1-4H3,(H,25,29)(H,26,27)/t14-/m0/s1. The molecular formula is C22H26BrN5O2. The van der Waals surface area contributed by atoms with Gasteiger partial charge in [-0.25, -0.2) is 9.78 Å². The number of alkyl carbamates (subject to hydrolysis) is 1. The van der Waals surface area contributed by atoms with E-state index in [-0.39, 0.29) is 12.1 Å². The van der Waals surface area contributed by atoms with E-state index in [1.54, 1.807) is 6.20 Å². The van der Waals surface area contributed by atoms with Gasteiger partial charge < -0.3 is 19.9 Å². The number of H-pyrrole nitrogens is 1. The number of hydrogen-bond acceptors (Lipinski definition) is 5. The van der Waals surface area contributed by atoms with Crippen LogP contribution in [0, 0.1) is 6.92 Å². The minimum Gasteiger partial charge on any atom is -0.444 e. The van der Waals surface area contributed by atoms with Crippen molar-refractivity contribution in [2.75, 3.05) is 18.0 Å². The van der Waals surface area contributed by atoms with E-state index in [1.165, 1.54) is 0 Å². The number of aryl methyl sites for hydroxylation is 1. The first-order valence-electron chi connectivity index (χ1n) is 10.0. The molecule has 8 heteroatoms. The quantitative estimate of drug-likeness (QED) is 0.572. The first-order valence-corrected chi connectivity index (χ1v) is 10.8. The molecule has 7 nitrogen and oxygen atoms in total. The fourth-order valence-corrected chi connectivity index (χ4v) is 4.36. The van der Waals surface area contributed by atoms with Gasteiger partial charge in [-0.3, -0.25) is 4.98 Å². The molecule has 0 bridgehead atoms. The van der Waals surface area contributed by atoms with Gasteiger partial charge in [0.1, 0.15) is 11.4 Å². The van der Waals surface area contributed by atoms with Crippen molar-refractivity contribution in [2.24, 2.45) is 0 Å². The average molecular weight is 472 g/mol. The number of amides is 1. The summed E-state index contributed by atoms with van der Waals surface area (Å²) in [5, 5.41) is 2.99. The molecule has 2 N–H and O–H groups in total. The van der Waals surface area contributed by atoms with Gasteiger partial charge in [-0.2, -0.15) is 0 Å². The Hall–Kier alpha value is -2.61. The van der Waals surface area contributed by atoms with Crippen molar-refractivity contribution >= 4 is 38.7 Å². The zero-order valence-corrected chi connectivity index (χ0v) is 19.2. The number of nitrogens with one attached hydrogen (secondary N) is 2. The maximum absolute atomic E-state index is 12.2. The molecule has 1 atom stereocenters. The van der Waals surface area contributed by atoms with Crippen LogP contribution in [0.1, 0.15) is 32.8 Å². The van der Waals surface area contributed by atoms with Crippen molar-refractivity contribution in [2.45, 2.75) is 45.8 Å². The summed E-state index contributed by atoms with van der Waals surface area (Å²) in [4.78, 5) is 27.0. The highest BCUT2D eigenvalue weighted by Crippen LogP contribution is 2.37. The van der Waals surface area contributed by atoms with E-state index in [0.29, 0.717) is 6.54 Å². The van der Waals surface area contributed by atoms with Gasteiger partial charge in [0.05, 0.1) is 32.8 Å². The first-order chi connectivity index (χ1) is 14.2. The minimum atomic E-state index is -0.511. The summed E-state index contributed by atoms with van der Waals surface area (Å²) >= 11 is 3.67. The number of nitrogens with zero attached hydrogens (tertiary/aromatic N) is 3. The Kier molecular flexibility index (Phi) is 5.44. The molecule has 1 fully saturated rings. The van der Waals surface area contributed by atoms with E-state index in [1.807, 2.05) is 39.1 Å². The van der Waals surface area contributed by atoms with Crippen LogP contribution in [0.3, 0.4) is 0 Å². The number of aromatic amines is 1. The number of pyridine rings is 1. The van der Waals surface area contributed by atoms with Crippen LogP contribution in [0.4, 0.5) is 10.5 Å². The van der Waals surface area contributed by atoms with Crippen molar-refractivity contribution in [1.29, 1.82) is 0 Å². The number of halogens is 1. The highest BCUT2D eigenvalue weighted by molar-refractivity contribution is 9.10. The van der Waals surface area contributed by atoms with Crippen molar-refractivity contribution in [1.82, 2.24) is 20.3 Å². The van der Waals surface area contributed by atoms with E-state index in [2.05, 4.69) is 49.1 Å². The molecule has 3 heterocycles.